The van der Waals surface area contributed by atoms with E-state index in [1.807, 2.05) is 32.0 Å². The zero-order valence-electron chi connectivity index (χ0n) is 12.0. The minimum atomic E-state index is 0.585. The number of hydrogen-bond donors (Lipinski definition) is 2. The SMILES string of the molecule is COc1ccc(-c2nc(C)c(C)c(NN)n2)cc1OC. The van der Waals surface area contributed by atoms with E-state index >= 15 is 0 Å². The van der Waals surface area contributed by atoms with E-state index in [1.54, 1.807) is 14.2 Å². The molecule has 0 spiro atoms. The average molecular weight is 274 g/mol. The van der Waals surface area contributed by atoms with E-state index in [9.17, 15) is 0 Å². The Labute approximate surface area is 117 Å². The fourth-order valence-corrected chi connectivity index (χ4v) is 1.87. The molecule has 0 atom stereocenters. The Kier molecular flexibility index (Phi) is 4.05. The largest absolute Gasteiger partial charge is 0.493 e. The second kappa shape index (κ2) is 5.75. The summed E-state index contributed by atoms with van der Waals surface area (Å²) in [6.07, 6.45) is 0. The van der Waals surface area contributed by atoms with Crippen molar-refractivity contribution in [3.8, 4) is 22.9 Å². The molecular weight excluding hydrogens is 256 g/mol. The van der Waals surface area contributed by atoms with Crippen molar-refractivity contribution in [2.45, 2.75) is 13.8 Å². The molecular formula is C14H18N4O2. The van der Waals surface area contributed by atoms with Crippen LogP contribution in [0.5, 0.6) is 11.5 Å². The summed E-state index contributed by atoms with van der Waals surface area (Å²) in [4.78, 5) is 8.89. The minimum Gasteiger partial charge on any atom is -0.493 e. The van der Waals surface area contributed by atoms with Crippen LogP contribution in [0.1, 0.15) is 11.3 Å². The molecule has 0 aliphatic carbocycles. The van der Waals surface area contributed by atoms with E-state index in [-0.39, 0.29) is 0 Å². The van der Waals surface area contributed by atoms with E-state index in [4.69, 9.17) is 15.3 Å². The lowest BCUT2D eigenvalue weighted by molar-refractivity contribution is 0.355. The Morgan fingerprint density at radius 2 is 1.75 bits per heavy atom. The third-order valence-electron chi connectivity index (χ3n) is 3.17. The van der Waals surface area contributed by atoms with Crippen LogP contribution in [0.4, 0.5) is 5.82 Å². The number of ether oxygens (including phenoxy) is 2. The highest BCUT2D eigenvalue weighted by molar-refractivity contribution is 5.63. The van der Waals surface area contributed by atoms with E-state index in [2.05, 4.69) is 15.4 Å². The third kappa shape index (κ3) is 2.50. The summed E-state index contributed by atoms with van der Waals surface area (Å²) in [5, 5.41) is 0. The molecule has 0 unspecified atom stereocenters. The maximum atomic E-state index is 5.48. The minimum absolute atomic E-state index is 0.585. The van der Waals surface area contributed by atoms with Gasteiger partial charge >= 0.3 is 0 Å². The molecule has 1 heterocycles. The van der Waals surface area contributed by atoms with Gasteiger partial charge in [0, 0.05) is 16.8 Å². The summed E-state index contributed by atoms with van der Waals surface area (Å²) < 4.78 is 10.5. The van der Waals surface area contributed by atoms with Gasteiger partial charge in [0.2, 0.25) is 0 Å². The van der Waals surface area contributed by atoms with Gasteiger partial charge in [0.05, 0.1) is 14.2 Å². The number of methoxy groups -OCH3 is 2. The molecule has 0 bridgehead atoms. The highest BCUT2D eigenvalue weighted by Gasteiger charge is 2.11. The lowest BCUT2D eigenvalue weighted by Gasteiger charge is -2.12. The Bertz CT molecular complexity index is 629. The summed E-state index contributed by atoms with van der Waals surface area (Å²) in [5.41, 5.74) is 5.23. The van der Waals surface area contributed by atoms with Gasteiger partial charge in [-0.2, -0.15) is 0 Å². The Balaban J connectivity index is 2.54. The van der Waals surface area contributed by atoms with Crippen molar-refractivity contribution in [2.75, 3.05) is 19.6 Å². The van der Waals surface area contributed by atoms with Crippen LogP contribution in [0.3, 0.4) is 0 Å². The van der Waals surface area contributed by atoms with Crippen LogP contribution in [0.15, 0.2) is 18.2 Å². The number of aromatic nitrogens is 2. The Hall–Kier alpha value is -2.34. The molecule has 0 amide bonds. The molecule has 0 aliphatic heterocycles. The lowest BCUT2D eigenvalue weighted by Crippen LogP contribution is -2.12. The van der Waals surface area contributed by atoms with Gasteiger partial charge in [-0.1, -0.05) is 0 Å². The molecule has 2 rings (SSSR count). The van der Waals surface area contributed by atoms with Crippen LogP contribution >= 0.6 is 0 Å². The van der Waals surface area contributed by atoms with Gasteiger partial charge in [0.25, 0.3) is 0 Å². The number of nitrogens with one attached hydrogen (secondary N) is 1. The fourth-order valence-electron chi connectivity index (χ4n) is 1.87. The second-order valence-corrected chi connectivity index (χ2v) is 4.32. The molecule has 0 saturated heterocycles. The van der Waals surface area contributed by atoms with E-state index < -0.39 is 0 Å². The first-order valence-electron chi connectivity index (χ1n) is 6.15. The normalized spacial score (nSPS) is 10.2. The molecule has 1 aromatic heterocycles. The molecule has 2 aromatic rings. The maximum Gasteiger partial charge on any atom is 0.161 e. The van der Waals surface area contributed by atoms with Gasteiger partial charge in [0.15, 0.2) is 17.3 Å². The smallest absolute Gasteiger partial charge is 0.161 e. The molecule has 0 fully saturated rings. The zero-order chi connectivity index (χ0) is 14.7. The first-order chi connectivity index (χ1) is 9.60. The number of rotatable bonds is 4. The number of hydrogen-bond acceptors (Lipinski definition) is 6. The zero-order valence-corrected chi connectivity index (χ0v) is 12.0. The number of benzene rings is 1. The van der Waals surface area contributed by atoms with Crippen LogP contribution < -0.4 is 20.7 Å². The predicted octanol–water partition coefficient (Wildman–Crippen LogP) is 2.06. The number of nitrogen functional groups attached to an aromatic ring is 1. The monoisotopic (exact) mass is 274 g/mol. The van der Waals surface area contributed by atoms with Crippen molar-refractivity contribution in [3.63, 3.8) is 0 Å². The standard InChI is InChI=1S/C14H18N4O2/c1-8-9(2)16-14(17-13(8)18-15)10-5-6-11(19-3)12(7-10)20-4/h5-7H,15H2,1-4H3,(H,16,17,18). The molecule has 6 nitrogen and oxygen atoms in total. The van der Waals surface area contributed by atoms with Crippen molar-refractivity contribution in [1.82, 2.24) is 9.97 Å². The summed E-state index contributed by atoms with van der Waals surface area (Å²) >= 11 is 0. The van der Waals surface area contributed by atoms with Gasteiger partial charge in [-0.3, -0.25) is 0 Å². The molecule has 106 valence electrons. The Morgan fingerprint density at radius 3 is 2.35 bits per heavy atom. The van der Waals surface area contributed by atoms with E-state index in [1.165, 1.54) is 0 Å². The molecule has 0 saturated carbocycles. The quantitative estimate of drug-likeness (QED) is 0.656. The molecule has 6 heteroatoms. The van der Waals surface area contributed by atoms with Gasteiger partial charge in [-0.05, 0) is 32.0 Å². The lowest BCUT2D eigenvalue weighted by atomic mass is 10.1. The van der Waals surface area contributed by atoms with Crippen molar-refractivity contribution in [3.05, 3.63) is 29.5 Å². The highest BCUT2D eigenvalue weighted by atomic mass is 16.5. The van der Waals surface area contributed by atoms with Crippen LogP contribution in [-0.2, 0) is 0 Å². The van der Waals surface area contributed by atoms with Crippen LogP contribution in [-0.4, -0.2) is 24.2 Å². The van der Waals surface area contributed by atoms with Gasteiger partial charge in [-0.15, -0.1) is 0 Å². The van der Waals surface area contributed by atoms with Crippen molar-refractivity contribution >= 4 is 5.82 Å². The van der Waals surface area contributed by atoms with Crippen molar-refractivity contribution in [2.24, 2.45) is 5.84 Å². The summed E-state index contributed by atoms with van der Waals surface area (Å²) in [7, 11) is 3.19. The molecule has 0 aliphatic rings. The second-order valence-electron chi connectivity index (χ2n) is 4.32. The van der Waals surface area contributed by atoms with Crippen LogP contribution in [0.25, 0.3) is 11.4 Å². The van der Waals surface area contributed by atoms with Gasteiger partial charge in [-0.25, -0.2) is 15.8 Å². The van der Waals surface area contributed by atoms with Crippen LogP contribution in [0.2, 0.25) is 0 Å². The molecule has 3 N–H and O–H groups in total. The van der Waals surface area contributed by atoms with Gasteiger partial charge in [0.1, 0.15) is 5.82 Å². The topological polar surface area (TPSA) is 82.3 Å². The molecule has 0 radical (unpaired) electrons. The summed E-state index contributed by atoms with van der Waals surface area (Å²) in [6, 6.07) is 5.54. The Morgan fingerprint density at radius 1 is 1.05 bits per heavy atom. The number of nitrogens with two attached hydrogens (primary N) is 1. The van der Waals surface area contributed by atoms with E-state index in [0.29, 0.717) is 23.1 Å². The molecule has 20 heavy (non-hydrogen) atoms. The third-order valence-corrected chi connectivity index (χ3v) is 3.17. The number of aryl methyl sites for hydroxylation is 1. The highest BCUT2D eigenvalue weighted by Crippen LogP contribution is 2.31. The number of anilines is 1. The number of nitrogens with zero attached hydrogens (tertiary/aromatic N) is 2. The number of hydrazine groups is 1. The maximum absolute atomic E-state index is 5.48. The first kappa shape index (κ1) is 14.1. The van der Waals surface area contributed by atoms with Crippen molar-refractivity contribution in [1.29, 1.82) is 0 Å². The van der Waals surface area contributed by atoms with Gasteiger partial charge < -0.3 is 14.9 Å². The van der Waals surface area contributed by atoms with Crippen molar-refractivity contribution < 1.29 is 9.47 Å². The van der Waals surface area contributed by atoms with Crippen LogP contribution in [0, 0.1) is 13.8 Å². The summed E-state index contributed by atoms with van der Waals surface area (Å²) in [6.45, 7) is 3.84. The predicted molar refractivity (Wildman–Crippen MR) is 77.9 cm³/mol. The fraction of sp³-hybridized carbons (Fsp3) is 0.286. The summed E-state index contributed by atoms with van der Waals surface area (Å²) in [5.74, 6) is 7.98. The first-order valence-corrected chi connectivity index (χ1v) is 6.15. The molecule has 1 aromatic carbocycles. The van der Waals surface area contributed by atoms with E-state index in [0.717, 1.165) is 16.8 Å². The average Bonchev–Trinajstić information content (AvgIpc) is 2.49.